The van der Waals surface area contributed by atoms with Gasteiger partial charge in [0.05, 0.1) is 4.91 Å². The van der Waals surface area contributed by atoms with E-state index in [9.17, 15) is 9.59 Å². The number of amides is 2. The zero-order chi connectivity index (χ0) is 16.9. The lowest BCUT2D eigenvalue weighted by molar-refractivity contribution is -0.122. The summed E-state index contributed by atoms with van der Waals surface area (Å²) in [6, 6.07) is 19.3. The minimum Gasteiger partial charge on any atom is -0.353 e. The number of hydrogen-bond acceptors (Lipinski definition) is 4. The van der Waals surface area contributed by atoms with Crippen LogP contribution in [0.5, 0.6) is 0 Å². The summed E-state index contributed by atoms with van der Waals surface area (Å²) in [5, 5.41) is -0.225. The normalized spacial score (nSPS) is 16.0. The average molecular weight is 338 g/mol. The first-order valence-electron chi connectivity index (χ1n) is 7.79. The van der Waals surface area contributed by atoms with E-state index in [0.717, 1.165) is 23.0 Å². The van der Waals surface area contributed by atoms with Crippen LogP contribution in [0, 0.1) is 0 Å². The molecular weight excluding hydrogens is 320 g/mol. The molecule has 3 rings (SSSR count). The van der Waals surface area contributed by atoms with E-state index in [0.29, 0.717) is 11.4 Å². The van der Waals surface area contributed by atoms with Gasteiger partial charge in [-0.3, -0.25) is 9.59 Å². The molecule has 2 amide bonds. The van der Waals surface area contributed by atoms with Crippen LogP contribution in [0.15, 0.2) is 65.6 Å². The molecule has 1 aliphatic rings. The predicted molar refractivity (Wildman–Crippen MR) is 98.6 cm³/mol. The highest BCUT2D eigenvalue weighted by Crippen LogP contribution is 2.32. The summed E-state index contributed by atoms with van der Waals surface area (Å²) < 4.78 is 0. The Morgan fingerprint density at radius 1 is 1.00 bits per heavy atom. The van der Waals surface area contributed by atoms with Gasteiger partial charge in [-0.05, 0) is 42.5 Å². The molecule has 0 aliphatic carbocycles. The largest absolute Gasteiger partial charge is 0.353 e. The Morgan fingerprint density at radius 2 is 1.62 bits per heavy atom. The summed E-state index contributed by atoms with van der Waals surface area (Å²) in [7, 11) is 0. The third-order valence-corrected chi connectivity index (χ3v) is 4.69. The van der Waals surface area contributed by atoms with Gasteiger partial charge >= 0.3 is 0 Å². The molecule has 0 atom stereocenters. The van der Waals surface area contributed by atoms with Crippen molar-refractivity contribution in [1.29, 1.82) is 0 Å². The zero-order valence-corrected chi connectivity index (χ0v) is 14.2. The summed E-state index contributed by atoms with van der Waals surface area (Å²) in [4.78, 5) is 28.6. The Balaban J connectivity index is 1.78. The lowest BCUT2D eigenvalue weighted by Crippen LogP contribution is -2.40. The van der Waals surface area contributed by atoms with E-state index in [-0.39, 0.29) is 17.8 Å². The molecule has 2 aromatic carbocycles. The first-order valence-corrected chi connectivity index (χ1v) is 8.61. The number of benzene rings is 2. The van der Waals surface area contributed by atoms with Gasteiger partial charge in [-0.2, -0.15) is 0 Å². The molecule has 0 saturated carbocycles. The van der Waals surface area contributed by atoms with Crippen molar-refractivity contribution in [1.82, 2.24) is 4.90 Å². The molecular formula is C19H18N2O2S. The highest BCUT2D eigenvalue weighted by Gasteiger charge is 2.35. The maximum absolute atomic E-state index is 12.6. The first-order chi connectivity index (χ1) is 11.7. The van der Waals surface area contributed by atoms with Crippen molar-refractivity contribution in [2.45, 2.75) is 6.92 Å². The molecule has 0 N–H and O–H groups in total. The highest BCUT2D eigenvalue weighted by atomic mass is 32.2. The maximum Gasteiger partial charge on any atom is 0.295 e. The van der Waals surface area contributed by atoms with Crippen molar-refractivity contribution in [3.8, 4) is 0 Å². The second-order valence-electron chi connectivity index (χ2n) is 5.35. The minimum absolute atomic E-state index is 0.225. The lowest BCUT2D eigenvalue weighted by atomic mass is 10.2. The van der Waals surface area contributed by atoms with Crippen molar-refractivity contribution >= 4 is 34.7 Å². The van der Waals surface area contributed by atoms with Crippen LogP contribution >= 0.6 is 11.8 Å². The molecule has 0 radical (unpaired) electrons. The molecule has 1 aliphatic heterocycles. The molecule has 122 valence electrons. The van der Waals surface area contributed by atoms with E-state index >= 15 is 0 Å². The summed E-state index contributed by atoms with van der Waals surface area (Å²) >= 11 is 0.996. The summed E-state index contributed by atoms with van der Waals surface area (Å²) in [6.45, 7) is 2.98. The van der Waals surface area contributed by atoms with Crippen LogP contribution in [0.25, 0.3) is 6.08 Å². The van der Waals surface area contributed by atoms with Gasteiger partial charge in [0.2, 0.25) is 0 Å². The number of anilines is 1. The molecule has 0 spiro atoms. The van der Waals surface area contributed by atoms with Crippen molar-refractivity contribution in [2.24, 2.45) is 0 Å². The average Bonchev–Trinajstić information content (AvgIpc) is 2.88. The van der Waals surface area contributed by atoms with Crippen molar-refractivity contribution in [2.75, 3.05) is 18.1 Å². The van der Waals surface area contributed by atoms with E-state index in [1.165, 1.54) is 4.90 Å². The van der Waals surface area contributed by atoms with Crippen LogP contribution in [0.1, 0.15) is 12.5 Å². The van der Waals surface area contributed by atoms with Crippen LogP contribution in [0.2, 0.25) is 0 Å². The number of imide groups is 1. The smallest absolute Gasteiger partial charge is 0.295 e. The van der Waals surface area contributed by atoms with Crippen LogP contribution in [-0.4, -0.2) is 29.3 Å². The molecule has 2 aromatic rings. The van der Waals surface area contributed by atoms with Gasteiger partial charge in [0.25, 0.3) is 11.1 Å². The summed E-state index contributed by atoms with van der Waals surface area (Å²) in [6.07, 6.45) is 1.77. The molecule has 1 fully saturated rings. The van der Waals surface area contributed by atoms with E-state index in [1.807, 2.05) is 72.5 Å². The monoisotopic (exact) mass is 338 g/mol. The quantitative estimate of drug-likeness (QED) is 0.766. The van der Waals surface area contributed by atoms with Gasteiger partial charge in [0, 0.05) is 12.2 Å². The number of hydrogen-bond donors (Lipinski definition) is 0. The molecule has 24 heavy (non-hydrogen) atoms. The minimum atomic E-state index is -0.233. The third kappa shape index (κ3) is 3.51. The van der Waals surface area contributed by atoms with Crippen molar-refractivity contribution in [3.05, 3.63) is 71.1 Å². The summed E-state index contributed by atoms with van der Waals surface area (Å²) in [5.41, 5.74) is 1.91. The van der Waals surface area contributed by atoms with Gasteiger partial charge < -0.3 is 4.90 Å². The van der Waals surface area contributed by atoms with Crippen LogP contribution < -0.4 is 4.90 Å². The Kier molecular flexibility index (Phi) is 5.01. The second kappa shape index (κ2) is 7.36. The Morgan fingerprint density at radius 3 is 2.25 bits per heavy atom. The first kappa shape index (κ1) is 16.3. The molecule has 0 bridgehead atoms. The maximum atomic E-state index is 12.6. The topological polar surface area (TPSA) is 40.6 Å². The standard InChI is InChI=1S/C19H18N2O2S/c1-2-20(16-11-7-4-8-12-16)14-21-18(22)17(24-19(21)23)13-15-9-5-3-6-10-15/h3-13H,2,14H2,1H3/b17-13-. The molecule has 5 heteroatoms. The number of para-hydroxylation sites is 1. The fraction of sp³-hybridized carbons (Fsp3) is 0.158. The third-order valence-electron chi connectivity index (χ3n) is 3.79. The van der Waals surface area contributed by atoms with Crippen LogP contribution in [-0.2, 0) is 4.79 Å². The van der Waals surface area contributed by atoms with E-state index in [2.05, 4.69) is 0 Å². The second-order valence-corrected chi connectivity index (χ2v) is 6.35. The SMILES string of the molecule is CCN(CN1C(=O)S/C(=C\c2ccccc2)C1=O)c1ccccc1. The Bertz CT molecular complexity index is 759. The Hall–Kier alpha value is -2.53. The van der Waals surface area contributed by atoms with Gasteiger partial charge in [-0.15, -0.1) is 0 Å². The number of carbonyl (C=O) groups excluding carboxylic acids is 2. The van der Waals surface area contributed by atoms with Crippen molar-refractivity contribution in [3.63, 3.8) is 0 Å². The van der Waals surface area contributed by atoms with Gasteiger partial charge in [0.1, 0.15) is 6.67 Å². The van der Waals surface area contributed by atoms with Gasteiger partial charge in [-0.1, -0.05) is 48.5 Å². The van der Waals surface area contributed by atoms with Crippen molar-refractivity contribution < 1.29 is 9.59 Å². The fourth-order valence-electron chi connectivity index (χ4n) is 2.50. The molecule has 0 aromatic heterocycles. The fourth-order valence-corrected chi connectivity index (χ4v) is 3.33. The van der Waals surface area contributed by atoms with E-state index < -0.39 is 0 Å². The number of nitrogens with zero attached hydrogens (tertiary/aromatic N) is 2. The number of carbonyl (C=O) groups is 2. The predicted octanol–water partition coefficient (Wildman–Crippen LogP) is 4.21. The molecule has 1 heterocycles. The van der Waals surface area contributed by atoms with E-state index in [1.54, 1.807) is 6.08 Å². The number of thioether (sulfide) groups is 1. The molecule has 1 saturated heterocycles. The molecule has 0 unspecified atom stereocenters. The van der Waals surface area contributed by atoms with E-state index in [4.69, 9.17) is 0 Å². The molecule has 4 nitrogen and oxygen atoms in total. The lowest BCUT2D eigenvalue weighted by Gasteiger charge is -2.26. The van der Waals surface area contributed by atoms with Gasteiger partial charge in [0.15, 0.2) is 0 Å². The zero-order valence-electron chi connectivity index (χ0n) is 13.4. The van der Waals surface area contributed by atoms with Crippen LogP contribution in [0.4, 0.5) is 10.5 Å². The summed E-state index contributed by atoms with van der Waals surface area (Å²) in [5.74, 6) is -0.233. The van der Waals surface area contributed by atoms with Crippen LogP contribution in [0.3, 0.4) is 0 Å². The Labute approximate surface area is 145 Å². The van der Waals surface area contributed by atoms with Gasteiger partial charge in [-0.25, -0.2) is 4.90 Å². The highest BCUT2D eigenvalue weighted by molar-refractivity contribution is 8.18. The number of rotatable bonds is 5.